The van der Waals surface area contributed by atoms with Crippen LogP contribution in [0.4, 0.5) is 10.1 Å². The van der Waals surface area contributed by atoms with Gasteiger partial charge >= 0.3 is 0 Å². The van der Waals surface area contributed by atoms with Crippen LogP contribution in [0.3, 0.4) is 0 Å². The van der Waals surface area contributed by atoms with Gasteiger partial charge in [0.15, 0.2) is 0 Å². The SMILES string of the molecule is Nc1ccccc1C1=NC(CF)CS1. The molecule has 0 aromatic heterocycles. The Kier molecular flexibility index (Phi) is 2.72. The summed E-state index contributed by atoms with van der Waals surface area (Å²) in [7, 11) is 0. The predicted octanol–water partition coefficient (Wildman–Crippen LogP) is 2.10. The van der Waals surface area contributed by atoms with Crippen LogP contribution in [-0.2, 0) is 0 Å². The van der Waals surface area contributed by atoms with E-state index in [1.807, 2.05) is 24.3 Å². The van der Waals surface area contributed by atoms with Crippen molar-refractivity contribution in [3.8, 4) is 0 Å². The first-order valence-corrected chi connectivity index (χ1v) is 5.41. The monoisotopic (exact) mass is 210 g/mol. The molecule has 2 nitrogen and oxygen atoms in total. The lowest BCUT2D eigenvalue weighted by Crippen LogP contribution is -2.04. The zero-order chi connectivity index (χ0) is 9.97. The van der Waals surface area contributed by atoms with E-state index < -0.39 is 0 Å². The van der Waals surface area contributed by atoms with Gasteiger partial charge < -0.3 is 5.73 Å². The molecule has 0 amide bonds. The van der Waals surface area contributed by atoms with Gasteiger partial charge in [-0.15, -0.1) is 11.8 Å². The Morgan fingerprint density at radius 2 is 2.29 bits per heavy atom. The Labute approximate surface area is 86.4 Å². The summed E-state index contributed by atoms with van der Waals surface area (Å²) in [5, 5.41) is 0.866. The highest BCUT2D eigenvalue weighted by Gasteiger charge is 2.19. The minimum Gasteiger partial charge on any atom is -0.398 e. The van der Waals surface area contributed by atoms with Gasteiger partial charge in [-0.2, -0.15) is 0 Å². The average Bonchev–Trinajstić information content (AvgIpc) is 2.67. The summed E-state index contributed by atoms with van der Waals surface area (Å²) in [5.41, 5.74) is 7.43. The lowest BCUT2D eigenvalue weighted by atomic mass is 10.2. The van der Waals surface area contributed by atoms with Crippen molar-refractivity contribution in [2.24, 2.45) is 4.99 Å². The summed E-state index contributed by atoms with van der Waals surface area (Å²) in [6.45, 7) is -0.386. The van der Waals surface area contributed by atoms with Gasteiger partial charge in [-0.3, -0.25) is 4.99 Å². The lowest BCUT2D eigenvalue weighted by molar-refractivity contribution is 0.452. The van der Waals surface area contributed by atoms with Gasteiger partial charge in [0.05, 0.1) is 6.04 Å². The average molecular weight is 210 g/mol. The standard InChI is InChI=1S/C10H11FN2S/c11-5-7-6-14-10(13-7)8-3-1-2-4-9(8)12/h1-4,7H,5-6,12H2. The summed E-state index contributed by atoms with van der Waals surface area (Å²) < 4.78 is 12.3. The molecule has 0 bridgehead atoms. The number of hydrogen-bond donors (Lipinski definition) is 1. The van der Waals surface area contributed by atoms with Crippen LogP contribution in [0.25, 0.3) is 0 Å². The highest BCUT2D eigenvalue weighted by molar-refractivity contribution is 8.14. The van der Waals surface area contributed by atoms with Gasteiger partial charge in [-0.1, -0.05) is 18.2 Å². The van der Waals surface area contributed by atoms with E-state index in [0.29, 0.717) is 5.69 Å². The molecular weight excluding hydrogens is 199 g/mol. The van der Waals surface area contributed by atoms with E-state index in [0.717, 1.165) is 16.4 Å². The second-order valence-corrected chi connectivity index (χ2v) is 4.15. The van der Waals surface area contributed by atoms with E-state index in [1.165, 1.54) is 0 Å². The number of alkyl halides is 1. The fourth-order valence-corrected chi connectivity index (χ4v) is 2.41. The van der Waals surface area contributed by atoms with Crippen molar-refractivity contribution in [1.29, 1.82) is 0 Å². The Morgan fingerprint density at radius 3 is 2.93 bits per heavy atom. The lowest BCUT2D eigenvalue weighted by Gasteiger charge is -2.02. The molecule has 1 unspecified atom stereocenters. The molecule has 0 aliphatic carbocycles. The van der Waals surface area contributed by atoms with E-state index in [4.69, 9.17) is 5.73 Å². The zero-order valence-electron chi connectivity index (χ0n) is 7.61. The van der Waals surface area contributed by atoms with E-state index in [9.17, 15) is 4.39 Å². The van der Waals surface area contributed by atoms with Crippen LogP contribution >= 0.6 is 11.8 Å². The number of hydrogen-bond acceptors (Lipinski definition) is 3. The van der Waals surface area contributed by atoms with Crippen molar-refractivity contribution < 1.29 is 4.39 Å². The molecule has 74 valence electrons. The number of halogens is 1. The quantitative estimate of drug-likeness (QED) is 0.759. The third-order valence-corrected chi connectivity index (χ3v) is 3.23. The van der Waals surface area contributed by atoms with Crippen molar-refractivity contribution in [3.63, 3.8) is 0 Å². The van der Waals surface area contributed by atoms with Crippen LogP contribution in [0.2, 0.25) is 0 Å². The number of rotatable bonds is 2. The maximum atomic E-state index is 12.3. The van der Waals surface area contributed by atoms with E-state index in [-0.39, 0.29) is 12.7 Å². The normalized spacial score (nSPS) is 20.9. The summed E-state index contributed by atoms with van der Waals surface area (Å²) in [5.74, 6) is 0.722. The molecule has 1 aliphatic rings. The third-order valence-electron chi connectivity index (χ3n) is 2.08. The Bertz CT molecular complexity index is 365. The minimum atomic E-state index is -0.386. The molecule has 2 N–H and O–H groups in total. The maximum Gasteiger partial charge on any atom is 0.113 e. The molecule has 1 aromatic carbocycles. The number of nitrogens with zero attached hydrogens (tertiary/aromatic N) is 1. The molecule has 1 heterocycles. The molecule has 0 spiro atoms. The molecule has 0 saturated carbocycles. The summed E-state index contributed by atoms with van der Waals surface area (Å²) in [6, 6.07) is 7.36. The number of aliphatic imine (C=N–C) groups is 1. The first-order chi connectivity index (χ1) is 6.81. The summed E-state index contributed by atoms with van der Waals surface area (Å²) in [6.07, 6.45) is 0. The molecule has 1 atom stereocenters. The highest BCUT2D eigenvalue weighted by atomic mass is 32.2. The molecule has 1 aromatic rings. The second-order valence-electron chi connectivity index (χ2n) is 3.14. The van der Waals surface area contributed by atoms with Gasteiger partial charge in [0.2, 0.25) is 0 Å². The number of anilines is 1. The highest BCUT2D eigenvalue weighted by Crippen LogP contribution is 2.26. The Hall–Kier alpha value is -1.03. The third kappa shape index (κ3) is 1.75. The van der Waals surface area contributed by atoms with E-state index in [2.05, 4.69) is 4.99 Å². The zero-order valence-corrected chi connectivity index (χ0v) is 8.43. The number of benzene rings is 1. The largest absolute Gasteiger partial charge is 0.398 e. The van der Waals surface area contributed by atoms with Crippen molar-refractivity contribution in [1.82, 2.24) is 0 Å². The predicted molar refractivity (Wildman–Crippen MR) is 59.6 cm³/mol. The minimum absolute atomic E-state index is 0.186. The molecule has 0 saturated heterocycles. The van der Waals surface area contributed by atoms with Crippen LogP contribution in [0.5, 0.6) is 0 Å². The van der Waals surface area contributed by atoms with Gasteiger partial charge in [0, 0.05) is 17.0 Å². The van der Waals surface area contributed by atoms with Gasteiger partial charge in [0.1, 0.15) is 11.7 Å². The molecule has 4 heteroatoms. The number of nitrogen functional groups attached to an aromatic ring is 1. The molecule has 2 rings (SSSR count). The maximum absolute atomic E-state index is 12.3. The van der Waals surface area contributed by atoms with Crippen LogP contribution in [0, 0.1) is 0 Å². The smallest absolute Gasteiger partial charge is 0.113 e. The molecule has 0 fully saturated rings. The molecule has 1 aliphatic heterocycles. The van der Waals surface area contributed by atoms with Crippen molar-refractivity contribution in [2.45, 2.75) is 6.04 Å². The molecular formula is C10H11FN2S. The molecule has 0 radical (unpaired) electrons. The second kappa shape index (κ2) is 4.00. The van der Waals surface area contributed by atoms with Gasteiger partial charge in [0.25, 0.3) is 0 Å². The molecule has 14 heavy (non-hydrogen) atoms. The summed E-state index contributed by atoms with van der Waals surface area (Å²) >= 11 is 1.57. The van der Waals surface area contributed by atoms with Crippen molar-refractivity contribution in [3.05, 3.63) is 29.8 Å². The fourth-order valence-electron chi connectivity index (χ4n) is 1.33. The number of para-hydroxylation sites is 1. The first-order valence-electron chi connectivity index (χ1n) is 4.42. The van der Waals surface area contributed by atoms with Gasteiger partial charge in [-0.05, 0) is 6.07 Å². The summed E-state index contributed by atoms with van der Waals surface area (Å²) in [4.78, 5) is 4.26. The Balaban J connectivity index is 2.28. The topological polar surface area (TPSA) is 38.4 Å². The van der Waals surface area contributed by atoms with Crippen LogP contribution < -0.4 is 5.73 Å². The van der Waals surface area contributed by atoms with E-state index in [1.54, 1.807) is 11.8 Å². The van der Waals surface area contributed by atoms with E-state index >= 15 is 0 Å². The van der Waals surface area contributed by atoms with Crippen LogP contribution in [0.15, 0.2) is 29.3 Å². The fraction of sp³-hybridized carbons (Fsp3) is 0.300. The van der Waals surface area contributed by atoms with Crippen LogP contribution in [-0.4, -0.2) is 23.5 Å². The van der Waals surface area contributed by atoms with Crippen molar-refractivity contribution in [2.75, 3.05) is 18.2 Å². The number of nitrogens with two attached hydrogens (primary N) is 1. The van der Waals surface area contributed by atoms with Crippen molar-refractivity contribution >= 4 is 22.5 Å². The Morgan fingerprint density at radius 1 is 1.50 bits per heavy atom. The van der Waals surface area contributed by atoms with Crippen LogP contribution in [0.1, 0.15) is 5.56 Å². The van der Waals surface area contributed by atoms with Gasteiger partial charge in [-0.25, -0.2) is 4.39 Å². The first kappa shape index (κ1) is 9.52. The number of thioether (sulfide) groups is 1.